The molecule has 1 aliphatic carbocycles. The van der Waals surface area contributed by atoms with Crippen LogP contribution in [-0.2, 0) is 4.74 Å². The summed E-state index contributed by atoms with van der Waals surface area (Å²) in [4.78, 5) is 15.9. The lowest BCUT2D eigenvalue weighted by Crippen LogP contribution is -2.49. The van der Waals surface area contributed by atoms with Crippen LogP contribution in [0.3, 0.4) is 0 Å². The number of amides is 1. The fourth-order valence-corrected chi connectivity index (χ4v) is 2.27. The van der Waals surface area contributed by atoms with Gasteiger partial charge in [-0.25, -0.2) is 4.98 Å². The van der Waals surface area contributed by atoms with Crippen molar-refractivity contribution in [3.63, 3.8) is 0 Å². The van der Waals surface area contributed by atoms with E-state index in [9.17, 15) is 4.79 Å². The van der Waals surface area contributed by atoms with Crippen molar-refractivity contribution in [3.05, 3.63) is 28.0 Å². The Morgan fingerprint density at radius 3 is 2.78 bits per heavy atom. The number of carbonyl (C=O) groups excluding carboxylic acids is 1. The highest BCUT2D eigenvalue weighted by Crippen LogP contribution is 2.34. The van der Waals surface area contributed by atoms with Gasteiger partial charge in [-0.05, 0) is 31.4 Å². The molecule has 1 aromatic rings. The van der Waals surface area contributed by atoms with E-state index < -0.39 is 0 Å². The molecule has 98 valence electrons. The lowest BCUT2D eigenvalue weighted by atomic mass is 9.80. The van der Waals surface area contributed by atoms with Gasteiger partial charge in [0.05, 0.1) is 10.6 Å². The average Bonchev–Trinajstić information content (AvgIpc) is 2.31. The van der Waals surface area contributed by atoms with Gasteiger partial charge in [0.1, 0.15) is 10.8 Å². The van der Waals surface area contributed by atoms with Gasteiger partial charge in [0.15, 0.2) is 0 Å². The van der Waals surface area contributed by atoms with Crippen LogP contribution in [0.4, 0.5) is 0 Å². The highest BCUT2D eigenvalue weighted by atomic mass is 35.5. The van der Waals surface area contributed by atoms with E-state index in [4.69, 9.17) is 27.9 Å². The van der Waals surface area contributed by atoms with Crippen LogP contribution in [0.15, 0.2) is 12.1 Å². The third-order valence-electron chi connectivity index (χ3n) is 3.30. The zero-order valence-corrected chi connectivity index (χ0v) is 11.5. The van der Waals surface area contributed by atoms with E-state index in [1.165, 1.54) is 0 Å². The number of hydrogen-bond acceptors (Lipinski definition) is 3. The maximum Gasteiger partial charge on any atom is 0.271 e. The molecular formula is C12H14Cl2N2O2. The normalized spacial score (nSPS) is 17.1. The Morgan fingerprint density at radius 1 is 1.50 bits per heavy atom. The van der Waals surface area contributed by atoms with Crippen molar-refractivity contribution in [2.24, 2.45) is 0 Å². The van der Waals surface area contributed by atoms with Crippen LogP contribution in [0.25, 0.3) is 0 Å². The Hall–Kier alpha value is -0.840. The molecule has 0 saturated heterocycles. The summed E-state index contributed by atoms with van der Waals surface area (Å²) in [5.74, 6) is -0.328. The first-order valence-electron chi connectivity index (χ1n) is 5.72. The van der Waals surface area contributed by atoms with Crippen molar-refractivity contribution in [2.45, 2.75) is 24.9 Å². The van der Waals surface area contributed by atoms with E-state index in [-0.39, 0.29) is 27.4 Å². The van der Waals surface area contributed by atoms with Gasteiger partial charge in [0.2, 0.25) is 0 Å². The molecule has 0 aliphatic heterocycles. The van der Waals surface area contributed by atoms with Gasteiger partial charge in [-0.2, -0.15) is 0 Å². The predicted molar refractivity (Wildman–Crippen MR) is 70.2 cm³/mol. The first-order valence-corrected chi connectivity index (χ1v) is 6.47. The van der Waals surface area contributed by atoms with Gasteiger partial charge in [0.25, 0.3) is 5.91 Å². The molecule has 2 rings (SSSR count). The Bertz CT molecular complexity index is 456. The third-order valence-corrected chi connectivity index (χ3v) is 3.81. The number of carbonyl (C=O) groups is 1. The lowest BCUT2D eigenvalue weighted by Gasteiger charge is -2.40. The molecular weight excluding hydrogens is 275 g/mol. The van der Waals surface area contributed by atoms with Crippen LogP contribution in [0, 0.1) is 0 Å². The Labute approximate surface area is 116 Å². The summed E-state index contributed by atoms with van der Waals surface area (Å²) in [6.45, 7) is 0.465. The van der Waals surface area contributed by atoms with Crippen LogP contribution in [-0.4, -0.2) is 30.1 Å². The Kier molecular flexibility index (Phi) is 4.10. The van der Waals surface area contributed by atoms with Gasteiger partial charge in [-0.3, -0.25) is 4.79 Å². The largest absolute Gasteiger partial charge is 0.376 e. The maximum absolute atomic E-state index is 11.9. The van der Waals surface area contributed by atoms with E-state index in [2.05, 4.69) is 10.3 Å². The molecule has 0 unspecified atom stereocenters. The molecule has 0 atom stereocenters. The molecule has 0 bridgehead atoms. The van der Waals surface area contributed by atoms with Crippen LogP contribution < -0.4 is 5.32 Å². The zero-order valence-electron chi connectivity index (χ0n) is 10.0. The number of methoxy groups -OCH3 is 1. The van der Waals surface area contributed by atoms with Crippen molar-refractivity contribution >= 4 is 29.1 Å². The second-order valence-corrected chi connectivity index (χ2v) is 5.18. The number of nitrogens with one attached hydrogen (secondary N) is 1. The van der Waals surface area contributed by atoms with Gasteiger partial charge in [-0.1, -0.05) is 23.2 Å². The Balaban J connectivity index is 2.01. The van der Waals surface area contributed by atoms with E-state index in [1.807, 2.05) is 0 Å². The first kappa shape index (κ1) is 13.6. The SMILES string of the molecule is COC1(CNC(=O)c2nc(Cl)ccc2Cl)CCC1. The third kappa shape index (κ3) is 2.76. The van der Waals surface area contributed by atoms with Crippen molar-refractivity contribution in [1.82, 2.24) is 10.3 Å². The number of ether oxygens (including phenoxy) is 1. The van der Waals surface area contributed by atoms with E-state index in [1.54, 1.807) is 19.2 Å². The molecule has 4 nitrogen and oxygen atoms in total. The number of aromatic nitrogens is 1. The second kappa shape index (κ2) is 5.43. The highest BCUT2D eigenvalue weighted by molar-refractivity contribution is 6.34. The van der Waals surface area contributed by atoms with Crippen LogP contribution in [0.2, 0.25) is 10.2 Å². The van der Waals surface area contributed by atoms with Gasteiger partial charge in [0, 0.05) is 13.7 Å². The van der Waals surface area contributed by atoms with Gasteiger partial charge < -0.3 is 10.1 Å². The minimum atomic E-state index is -0.328. The van der Waals surface area contributed by atoms with Gasteiger partial charge >= 0.3 is 0 Å². The van der Waals surface area contributed by atoms with Crippen molar-refractivity contribution in [2.75, 3.05) is 13.7 Å². The molecule has 1 N–H and O–H groups in total. The summed E-state index contributed by atoms with van der Waals surface area (Å²) in [5, 5.41) is 3.33. The van der Waals surface area contributed by atoms with E-state index in [0.29, 0.717) is 6.54 Å². The summed E-state index contributed by atoms with van der Waals surface area (Å²) in [6.07, 6.45) is 3.04. The summed E-state index contributed by atoms with van der Waals surface area (Å²) < 4.78 is 5.42. The lowest BCUT2D eigenvalue weighted by molar-refractivity contribution is -0.0679. The Morgan fingerprint density at radius 2 is 2.22 bits per heavy atom. The van der Waals surface area contributed by atoms with Crippen LogP contribution in [0.5, 0.6) is 0 Å². The number of pyridine rings is 1. The molecule has 1 aliphatic rings. The summed E-state index contributed by atoms with van der Waals surface area (Å²) in [5.41, 5.74) is -0.0736. The summed E-state index contributed by atoms with van der Waals surface area (Å²) >= 11 is 11.7. The average molecular weight is 289 g/mol. The summed E-state index contributed by atoms with van der Waals surface area (Å²) in [6, 6.07) is 3.10. The van der Waals surface area contributed by atoms with Crippen molar-refractivity contribution in [3.8, 4) is 0 Å². The fraction of sp³-hybridized carbons (Fsp3) is 0.500. The fourth-order valence-electron chi connectivity index (χ4n) is 1.93. The minimum Gasteiger partial charge on any atom is -0.376 e. The molecule has 1 aromatic heterocycles. The van der Waals surface area contributed by atoms with Crippen LogP contribution >= 0.6 is 23.2 Å². The predicted octanol–water partition coefficient (Wildman–Crippen LogP) is 2.69. The van der Waals surface area contributed by atoms with E-state index >= 15 is 0 Å². The molecule has 0 spiro atoms. The van der Waals surface area contributed by atoms with E-state index in [0.717, 1.165) is 19.3 Å². The molecule has 1 amide bonds. The summed E-state index contributed by atoms with van der Waals surface area (Å²) in [7, 11) is 1.66. The topological polar surface area (TPSA) is 51.2 Å². The number of hydrogen-bond donors (Lipinski definition) is 1. The molecule has 1 heterocycles. The number of nitrogens with zero attached hydrogens (tertiary/aromatic N) is 1. The van der Waals surface area contributed by atoms with Gasteiger partial charge in [-0.15, -0.1) is 0 Å². The second-order valence-electron chi connectivity index (χ2n) is 4.39. The quantitative estimate of drug-likeness (QED) is 0.867. The monoisotopic (exact) mass is 288 g/mol. The smallest absolute Gasteiger partial charge is 0.271 e. The minimum absolute atomic E-state index is 0.148. The molecule has 1 fully saturated rings. The molecule has 0 aromatic carbocycles. The standard InChI is InChI=1S/C12H14Cl2N2O2/c1-18-12(5-2-6-12)7-15-11(17)10-8(13)3-4-9(14)16-10/h3-4H,2,5-7H2,1H3,(H,15,17). The number of rotatable bonds is 4. The number of halogens is 2. The van der Waals surface area contributed by atoms with Crippen LogP contribution in [0.1, 0.15) is 29.8 Å². The zero-order chi connectivity index (χ0) is 13.2. The molecule has 18 heavy (non-hydrogen) atoms. The first-order chi connectivity index (χ1) is 8.56. The maximum atomic E-state index is 11.9. The highest BCUT2D eigenvalue weighted by Gasteiger charge is 2.37. The molecule has 6 heteroatoms. The molecule has 0 radical (unpaired) electrons. The van der Waals surface area contributed by atoms with Crippen molar-refractivity contribution < 1.29 is 9.53 Å². The van der Waals surface area contributed by atoms with Crippen molar-refractivity contribution in [1.29, 1.82) is 0 Å². The molecule has 1 saturated carbocycles.